The molecule has 4 heteroatoms. The summed E-state index contributed by atoms with van der Waals surface area (Å²) >= 11 is 5.98. The molecule has 0 saturated carbocycles. The summed E-state index contributed by atoms with van der Waals surface area (Å²) in [5.74, 6) is 1.57. The fourth-order valence-electron chi connectivity index (χ4n) is 2.27. The summed E-state index contributed by atoms with van der Waals surface area (Å²) in [6, 6.07) is 13.5. The van der Waals surface area contributed by atoms with Gasteiger partial charge in [-0.05, 0) is 35.9 Å². The largest absolute Gasteiger partial charge is 0.456 e. The van der Waals surface area contributed by atoms with E-state index in [1.165, 1.54) is 0 Å². The van der Waals surface area contributed by atoms with Crippen LogP contribution in [0, 0.1) is 0 Å². The predicted octanol–water partition coefficient (Wildman–Crippen LogP) is 4.06. The normalized spacial score (nSPS) is 12.1. The third kappa shape index (κ3) is 1.25. The van der Waals surface area contributed by atoms with Crippen LogP contribution in [0.2, 0.25) is 5.28 Å². The van der Waals surface area contributed by atoms with Crippen molar-refractivity contribution in [3.63, 3.8) is 0 Å². The van der Waals surface area contributed by atoms with Crippen molar-refractivity contribution in [3.8, 4) is 22.8 Å². The fourth-order valence-corrected chi connectivity index (χ4v) is 2.45. The van der Waals surface area contributed by atoms with Crippen LogP contribution in [0.1, 0.15) is 0 Å². The highest BCUT2D eigenvalue weighted by molar-refractivity contribution is 6.29. The minimum atomic E-state index is 0.256. The first-order valence-electron chi connectivity index (χ1n) is 5.56. The van der Waals surface area contributed by atoms with Gasteiger partial charge in [-0.25, -0.2) is 9.97 Å². The van der Waals surface area contributed by atoms with Crippen LogP contribution in [-0.2, 0) is 0 Å². The van der Waals surface area contributed by atoms with E-state index in [1.54, 1.807) is 0 Å². The predicted molar refractivity (Wildman–Crippen MR) is 70.1 cm³/mol. The van der Waals surface area contributed by atoms with Gasteiger partial charge in [-0.15, -0.1) is 0 Å². The first kappa shape index (κ1) is 9.85. The maximum absolute atomic E-state index is 5.98. The second-order valence-electron chi connectivity index (χ2n) is 4.09. The molecule has 0 bridgehead atoms. The average Bonchev–Trinajstić information content (AvgIpc) is 2.38. The molecule has 2 heterocycles. The lowest BCUT2D eigenvalue weighted by Crippen LogP contribution is -2.00. The van der Waals surface area contributed by atoms with E-state index < -0.39 is 0 Å². The molecule has 2 aromatic carbocycles. The third-order valence-corrected chi connectivity index (χ3v) is 3.19. The highest BCUT2D eigenvalue weighted by atomic mass is 35.5. The summed E-state index contributed by atoms with van der Waals surface area (Å²) < 4.78 is 5.87. The summed E-state index contributed by atoms with van der Waals surface area (Å²) in [7, 11) is 0. The van der Waals surface area contributed by atoms with Gasteiger partial charge in [0.1, 0.15) is 11.5 Å². The molecule has 4 rings (SSSR count). The third-order valence-electron chi connectivity index (χ3n) is 3.02. The lowest BCUT2D eigenvalue weighted by Gasteiger charge is -2.19. The molecular weight excluding hydrogens is 248 g/mol. The van der Waals surface area contributed by atoms with Crippen LogP contribution in [0.5, 0.6) is 11.5 Å². The lowest BCUT2D eigenvalue weighted by atomic mass is 10.0. The van der Waals surface area contributed by atoms with E-state index in [4.69, 9.17) is 16.3 Å². The van der Waals surface area contributed by atoms with Crippen LogP contribution >= 0.6 is 11.6 Å². The Morgan fingerprint density at radius 3 is 2.67 bits per heavy atom. The van der Waals surface area contributed by atoms with Crippen molar-refractivity contribution in [3.05, 3.63) is 47.7 Å². The maximum Gasteiger partial charge on any atom is 0.223 e. The van der Waals surface area contributed by atoms with Crippen LogP contribution in [0.25, 0.3) is 22.2 Å². The van der Waals surface area contributed by atoms with E-state index in [-0.39, 0.29) is 5.28 Å². The molecule has 0 atom stereocenters. The Morgan fingerprint density at radius 2 is 1.72 bits per heavy atom. The highest BCUT2D eigenvalue weighted by Crippen LogP contribution is 2.44. The zero-order valence-electron chi connectivity index (χ0n) is 9.22. The molecule has 3 nitrogen and oxygen atoms in total. The van der Waals surface area contributed by atoms with E-state index in [0.717, 1.165) is 33.7 Å². The number of rotatable bonds is 0. The standard InChI is InChI=1S/C14H7ClN2O/c15-14-16-9-5-3-7-11-12(9)13(17-14)8-4-1-2-6-10(8)18-11/h1-7H. The molecule has 0 fully saturated rings. The van der Waals surface area contributed by atoms with Gasteiger partial charge < -0.3 is 4.74 Å². The molecule has 3 aromatic rings. The number of benzene rings is 2. The first-order valence-corrected chi connectivity index (χ1v) is 5.94. The molecule has 1 aliphatic heterocycles. The van der Waals surface area contributed by atoms with Gasteiger partial charge in [-0.1, -0.05) is 18.2 Å². The number of ether oxygens (including phenoxy) is 1. The zero-order chi connectivity index (χ0) is 12.1. The Hall–Kier alpha value is -2.13. The van der Waals surface area contributed by atoms with E-state index in [1.807, 2.05) is 42.5 Å². The topological polar surface area (TPSA) is 35.0 Å². The van der Waals surface area contributed by atoms with Gasteiger partial charge in [0, 0.05) is 5.56 Å². The molecular formula is C14H7ClN2O. The number of hydrogen-bond donors (Lipinski definition) is 0. The molecule has 0 unspecified atom stereocenters. The van der Waals surface area contributed by atoms with E-state index >= 15 is 0 Å². The number of para-hydroxylation sites is 1. The molecule has 1 aliphatic rings. The van der Waals surface area contributed by atoms with Crippen molar-refractivity contribution in [2.24, 2.45) is 0 Å². The number of nitrogens with zero attached hydrogens (tertiary/aromatic N) is 2. The van der Waals surface area contributed by atoms with E-state index in [9.17, 15) is 0 Å². The molecule has 0 aliphatic carbocycles. The smallest absolute Gasteiger partial charge is 0.223 e. The quantitative estimate of drug-likeness (QED) is 0.444. The Bertz CT molecular complexity index is 786. The minimum Gasteiger partial charge on any atom is -0.456 e. The first-order chi connectivity index (χ1) is 8.83. The Kier molecular flexibility index (Phi) is 1.88. The minimum absolute atomic E-state index is 0.256. The van der Waals surface area contributed by atoms with Crippen molar-refractivity contribution < 1.29 is 4.74 Å². The van der Waals surface area contributed by atoms with Gasteiger partial charge in [-0.3, -0.25) is 0 Å². The number of halogens is 1. The second-order valence-corrected chi connectivity index (χ2v) is 4.43. The van der Waals surface area contributed by atoms with Crippen LogP contribution in [0.3, 0.4) is 0 Å². The number of fused-ring (bicyclic) bond motifs is 2. The summed E-state index contributed by atoms with van der Waals surface area (Å²) in [6.07, 6.45) is 0. The maximum atomic E-state index is 5.98. The van der Waals surface area contributed by atoms with Crippen molar-refractivity contribution >= 4 is 22.5 Å². The monoisotopic (exact) mass is 254 g/mol. The van der Waals surface area contributed by atoms with Gasteiger partial charge in [0.2, 0.25) is 5.28 Å². The van der Waals surface area contributed by atoms with Gasteiger partial charge in [0.05, 0.1) is 16.6 Å². The van der Waals surface area contributed by atoms with Gasteiger partial charge in [-0.2, -0.15) is 0 Å². The fraction of sp³-hybridized carbons (Fsp3) is 0. The molecule has 0 radical (unpaired) electrons. The van der Waals surface area contributed by atoms with Gasteiger partial charge in [0.15, 0.2) is 0 Å². The summed E-state index contributed by atoms with van der Waals surface area (Å²) in [4.78, 5) is 8.57. The Morgan fingerprint density at radius 1 is 0.889 bits per heavy atom. The zero-order valence-corrected chi connectivity index (χ0v) is 9.98. The molecule has 1 aromatic heterocycles. The Labute approximate surface area is 108 Å². The molecule has 86 valence electrons. The van der Waals surface area contributed by atoms with E-state index in [0.29, 0.717) is 0 Å². The number of aromatic nitrogens is 2. The Balaban J connectivity index is 2.22. The molecule has 0 amide bonds. The van der Waals surface area contributed by atoms with Crippen LogP contribution in [0.4, 0.5) is 0 Å². The molecule has 0 N–H and O–H groups in total. The average molecular weight is 255 g/mol. The SMILES string of the molecule is Clc1nc2c3c(cccc3n1)Oc1ccccc1-2. The van der Waals surface area contributed by atoms with Crippen molar-refractivity contribution in [1.82, 2.24) is 9.97 Å². The van der Waals surface area contributed by atoms with Crippen molar-refractivity contribution in [2.75, 3.05) is 0 Å². The highest BCUT2D eigenvalue weighted by Gasteiger charge is 2.21. The van der Waals surface area contributed by atoms with Gasteiger partial charge >= 0.3 is 0 Å². The second kappa shape index (κ2) is 3.43. The van der Waals surface area contributed by atoms with Crippen LogP contribution in [-0.4, -0.2) is 9.97 Å². The summed E-state index contributed by atoms with van der Waals surface area (Å²) in [5.41, 5.74) is 2.59. The van der Waals surface area contributed by atoms with Crippen LogP contribution < -0.4 is 4.74 Å². The molecule has 0 saturated heterocycles. The lowest BCUT2D eigenvalue weighted by molar-refractivity contribution is 0.486. The van der Waals surface area contributed by atoms with Crippen molar-refractivity contribution in [1.29, 1.82) is 0 Å². The molecule has 0 spiro atoms. The summed E-state index contributed by atoms with van der Waals surface area (Å²) in [5, 5.41) is 1.17. The van der Waals surface area contributed by atoms with Gasteiger partial charge in [0.25, 0.3) is 0 Å². The van der Waals surface area contributed by atoms with E-state index in [2.05, 4.69) is 9.97 Å². The summed E-state index contributed by atoms with van der Waals surface area (Å²) in [6.45, 7) is 0. The number of hydrogen-bond acceptors (Lipinski definition) is 3. The van der Waals surface area contributed by atoms with Crippen LogP contribution in [0.15, 0.2) is 42.5 Å². The van der Waals surface area contributed by atoms with Crippen molar-refractivity contribution in [2.45, 2.75) is 0 Å². The molecule has 18 heavy (non-hydrogen) atoms.